The van der Waals surface area contributed by atoms with Crippen molar-refractivity contribution in [1.29, 1.82) is 0 Å². The largest absolute Gasteiger partial charge is 0.368 e. The summed E-state index contributed by atoms with van der Waals surface area (Å²) in [6.07, 6.45) is 2.70. The molecule has 0 N–H and O–H groups in total. The van der Waals surface area contributed by atoms with E-state index in [1.54, 1.807) is 6.20 Å². The van der Waals surface area contributed by atoms with Crippen molar-refractivity contribution in [1.82, 2.24) is 9.47 Å². The van der Waals surface area contributed by atoms with Crippen LogP contribution >= 0.6 is 0 Å². The number of amides is 1. The van der Waals surface area contributed by atoms with Gasteiger partial charge in [0, 0.05) is 49.5 Å². The molecule has 1 amide bonds. The van der Waals surface area contributed by atoms with Crippen LogP contribution < -0.4 is 10.3 Å². The van der Waals surface area contributed by atoms with Gasteiger partial charge in [0.1, 0.15) is 5.56 Å². The van der Waals surface area contributed by atoms with E-state index in [1.807, 2.05) is 35.2 Å². The Kier molecular flexibility index (Phi) is 3.97. The topological polar surface area (TPSA) is 45.6 Å². The van der Waals surface area contributed by atoms with Gasteiger partial charge in [0.25, 0.3) is 5.91 Å². The molecule has 0 aliphatic carbocycles. The highest BCUT2D eigenvalue weighted by molar-refractivity contribution is 5.98. The van der Waals surface area contributed by atoms with Crippen LogP contribution in [0, 0.1) is 0 Å². The maximum atomic E-state index is 13.2. The van der Waals surface area contributed by atoms with Gasteiger partial charge in [0.2, 0.25) is 5.43 Å². The van der Waals surface area contributed by atoms with E-state index < -0.39 is 0 Å². The minimum atomic E-state index is -0.145. The number of pyridine rings is 1. The first-order valence-electron chi connectivity index (χ1n) is 9.89. The molecule has 3 aromatic rings. The zero-order chi connectivity index (χ0) is 19.3. The van der Waals surface area contributed by atoms with Crippen molar-refractivity contribution in [2.75, 3.05) is 31.1 Å². The molecule has 0 bridgehead atoms. The summed E-state index contributed by atoms with van der Waals surface area (Å²) >= 11 is 0. The molecule has 5 rings (SSSR count). The molecule has 142 valence electrons. The van der Waals surface area contributed by atoms with Gasteiger partial charge in [-0.15, -0.1) is 0 Å². The second kappa shape index (κ2) is 6.51. The Labute approximate surface area is 163 Å². The SMILES string of the molecule is C[C@@H]1Cc2cccc3c(=O)c(C(=O)N4CCN(c5ccccc5)CC4)cn1c23. The van der Waals surface area contributed by atoms with Gasteiger partial charge in [-0.3, -0.25) is 9.59 Å². The monoisotopic (exact) mass is 373 g/mol. The Balaban J connectivity index is 1.44. The number of rotatable bonds is 2. The summed E-state index contributed by atoms with van der Waals surface area (Å²) < 4.78 is 2.11. The summed E-state index contributed by atoms with van der Waals surface area (Å²) in [7, 11) is 0. The molecule has 1 atom stereocenters. The normalized spacial score (nSPS) is 18.7. The molecule has 2 aliphatic rings. The van der Waals surface area contributed by atoms with Gasteiger partial charge in [-0.2, -0.15) is 0 Å². The van der Waals surface area contributed by atoms with Crippen molar-refractivity contribution in [3.05, 3.63) is 76.1 Å². The number of piperazine rings is 1. The first-order valence-corrected chi connectivity index (χ1v) is 9.89. The van der Waals surface area contributed by atoms with Gasteiger partial charge in [-0.25, -0.2) is 0 Å². The molecule has 5 nitrogen and oxygen atoms in total. The average molecular weight is 373 g/mol. The van der Waals surface area contributed by atoms with Crippen LogP contribution in [0.5, 0.6) is 0 Å². The lowest BCUT2D eigenvalue weighted by Gasteiger charge is -2.36. The number of hydrogen-bond donors (Lipinski definition) is 0. The second-order valence-electron chi connectivity index (χ2n) is 7.76. The Bertz CT molecular complexity index is 1110. The predicted molar refractivity (Wildman–Crippen MR) is 111 cm³/mol. The van der Waals surface area contributed by atoms with E-state index >= 15 is 0 Å². The number of hydrogen-bond acceptors (Lipinski definition) is 3. The average Bonchev–Trinajstić information content (AvgIpc) is 3.07. The van der Waals surface area contributed by atoms with Gasteiger partial charge < -0.3 is 14.4 Å². The van der Waals surface area contributed by atoms with Gasteiger partial charge in [-0.05, 0) is 37.1 Å². The molecule has 5 heteroatoms. The molecular weight excluding hydrogens is 350 g/mol. The van der Waals surface area contributed by atoms with Crippen LogP contribution in [0.15, 0.2) is 59.5 Å². The minimum absolute atomic E-state index is 0.141. The van der Waals surface area contributed by atoms with E-state index in [2.05, 4.69) is 34.6 Å². The molecule has 0 spiro atoms. The van der Waals surface area contributed by atoms with Crippen molar-refractivity contribution in [2.24, 2.45) is 0 Å². The maximum Gasteiger partial charge on any atom is 0.259 e. The number of carbonyl (C=O) groups is 1. The molecule has 1 fully saturated rings. The third-order valence-corrected chi connectivity index (χ3v) is 6.04. The lowest BCUT2D eigenvalue weighted by Crippen LogP contribution is -2.49. The first kappa shape index (κ1) is 17.0. The standard InChI is InChI=1S/C23H23N3O2/c1-16-14-17-6-5-9-19-21(17)26(16)15-20(22(19)27)23(28)25-12-10-24(11-13-25)18-7-3-2-4-8-18/h2-9,15-16H,10-14H2,1H3/t16-/m1/s1. The van der Waals surface area contributed by atoms with Gasteiger partial charge in [0.05, 0.1) is 5.52 Å². The quantitative estimate of drug-likeness (QED) is 0.694. The fourth-order valence-electron chi connectivity index (χ4n) is 4.55. The van der Waals surface area contributed by atoms with Crippen molar-refractivity contribution in [3.63, 3.8) is 0 Å². The highest BCUT2D eigenvalue weighted by atomic mass is 16.2. The van der Waals surface area contributed by atoms with Gasteiger partial charge >= 0.3 is 0 Å². The van der Waals surface area contributed by atoms with Crippen molar-refractivity contribution in [2.45, 2.75) is 19.4 Å². The lowest BCUT2D eigenvalue weighted by atomic mass is 10.1. The van der Waals surface area contributed by atoms with Crippen molar-refractivity contribution in [3.8, 4) is 0 Å². The number of carbonyl (C=O) groups excluding carboxylic acids is 1. The smallest absolute Gasteiger partial charge is 0.259 e. The zero-order valence-electron chi connectivity index (χ0n) is 16.0. The third kappa shape index (κ3) is 2.61. The van der Waals surface area contributed by atoms with E-state index in [0.717, 1.165) is 25.0 Å². The highest BCUT2D eigenvalue weighted by Gasteiger charge is 2.28. The van der Waals surface area contributed by atoms with Crippen LogP contribution in [-0.2, 0) is 6.42 Å². The molecule has 2 aromatic carbocycles. The van der Waals surface area contributed by atoms with Crippen LogP contribution in [0.4, 0.5) is 5.69 Å². The molecule has 0 radical (unpaired) electrons. The summed E-state index contributed by atoms with van der Waals surface area (Å²) in [6, 6.07) is 16.4. The molecule has 0 unspecified atom stereocenters. The Hall–Kier alpha value is -3.08. The maximum absolute atomic E-state index is 13.2. The summed E-state index contributed by atoms with van der Waals surface area (Å²) in [5.41, 5.74) is 3.52. The predicted octanol–water partition coefficient (Wildman–Crippen LogP) is 3.08. The van der Waals surface area contributed by atoms with Crippen LogP contribution in [0.3, 0.4) is 0 Å². The van der Waals surface area contributed by atoms with E-state index in [0.29, 0.717) is 24.0 Å². The molecule has 1 saturated heterocycles. The molecule has 0 saturated carbocycles. The zero-order valence-corrected chi connectivity index (χ0v) is 16.0. The minimum Gasteiger partial charge on any atom is -0.368 e. The molecule has 2 aliphatic heterocycles. The van der Waals surface area contributed by atoms with E-state index in [1.165, 1.54) is 11.3 Å². The Morgan fingerprint density at radius 2 is 1.71 bits per heavy atom. The van der Waals surface area contributed by atoms with Gasteiger partial charge in [-0.1, -0.05) is 30.3 Å². The number of nitrogens with zero attached hydrogens (tertiary/aromatic N) is 3. The molecule has 1 aromatic heterocycles. The second-order valence-corrected chi connectivity index (χ2v) is 7.76. The van der Waals surface area contributed by atoms with Crippen molar-refractivity contribution >= 4 is 22.5 Å². The summed E-state index contributed by atoms with van der Waals surface area (Å²) in [6.45, 7) is 4.94. The van der Waals surface area contributed by atoms with Gasteiger partial charge in [0.15, 0.2) is 0 Å². The highest BCUT2D eigenvalue weighted by Crippen LogP contribution is 2.31. The third-order valence-electron chi connectivity index (χ3n) is 6.04. The van der Waals surface area contributed by atoms with Crippen LogP contribution in [-0.4, -0.2) is 41.6 Å². The Morgan fingerprint density at radius 1 is 0.964 bits per heavy atom. The Morgan fingerprint density at radius 3 is 2.46 bits per heavy atom. The number of para-hydroxylation sites is 2. The number of anilines is 1. The fourth-order valence-corrected chi connectivity index (χ4v) is 4.55. The summed E-state index contributed by atoms with van der Waals surface area (Å²) in [4.78, 5) is 30.4. The van der Waals surface area contributed by atoms with Crippen molar-refractivity contribution < 1.29 is 4.79 Å². The van der Waals surface area contributed by atoms with Crippen LogP contribution in [0.2, 0.25) is 0 Å². The lowest BCUT2D eigenvalue weighted by molar-refractivity contribution is 0.0745. The van der Waals surface area contributed by atoms with Crippen LogP contribution in [0.25, 0.3) is 10.9 Å². The summed E-state index contributed by atoms with van der Waals surface area (Å²) in [5.74, 6) is -0.145. The first-order chi connectivity index (χ1) is 13.6. The van der Waals surface area contributed by atoms with E-state index in [9.17, 15) is 9.59 Å². The van der Waals surface area contributed by atoms with Crippen LogP contribution in [0.1, 0.15) is 28.9 Å². The summed E-state index contributed by atoms with van der Waals surface area (Å²) in [5, 5.41) is 0.663. The van der Waals surface area contributed by atoms with E-state index in [-0.39, 0.29) is 17.4 Å². The molecular formula is C23H23N3O2. The van der Waals surface area contributed by atoms with E-state index in [4.69, 9.17) is 0 Å². The molecule has 3 heterocycles. The molecule has 28 heavy (non-hydrogen) atoms. The number of aromatic nitrogens is 1. The fraction of sp³-hybridized carbons (Fsp3) is 0.304. The number of benzene rings is 2.